The standard InChI is InChI=1S/C15H19F3N2O2/c1-11-5-3-4-6-12(11)19-13(21)9-20-8-7-14(10-20,22-2)15(16,17)18/h3-6H,7-10H2,1-2H3,(H,19,21). The van der Waals surface area contributed by atoms with Gasteiger partial charge >= 0.3 is 6.18 Å². The van der Waals surface area contributed by atoms with Gasteiger partial charge in [-0.2, -0.15) is 13.2 Å². The van der Waals surface area contributed by atoms with Gasteiger partial charge in [0, 0.05) is 25.9 Å². The summed E-state index contributed by atoms with van der Waals surface area (Å²) in [4.78, 5) is 13.5. The number of nitrogens with one attached hydrogen (secondary N) is 1. The van der Waals surface area contributed by atoms with Crippen molar-refractivity contribution in [3.63, 3.8) is 0 Å². The first kappa shape index (κ1) is 16.8. The number of nitrogens with zero attached hydrogens (tertiary/aromatic N) is 1. The molecule has 1 aliphatic rings. The van der Waals surface area contributed by atoms with Gasteiger partial charge in [-0.1, -0.05) is 18.2 Å². The summed E-state index contributed by atoms with van der Waals surface area (Å²) in [5.74, 6) is -0.330. The minimum Gasteiger partial charge on any atom is -0.367 e. The highest BCUT2D eigenvalue weighted by molar-refractivity contribution is 5.92. The minimum absolute atomic E-state index is 0.0878. The van der Waals surface area contributed by atoms with Crippen molar-refractivity contribution in [2.24, 2.45) is 0 Å². The van der Waals surface area contributed by atoms with E-state index in [4.69, 9.17) is 4.74 Å². The first-order valence-electron chi connectivity index (χ1n) is 6.97. The molecular formula is C15H19F3N2O2. The predicted molar refractivity (Wildman–Crippen MR) is 76.7 cm³/mol. The number of likely N-dealkylation sites (tertiary alicyclic amines) is 1. The third kappa shape index (κ3) is 3.41. The topological polar surface area (TPSA) is 41.6 Å². The van der Waals surface area contributed by atoms with Crippen LogP contribution in [0.25, 0.3) is 0 Å². The molecule has 1 unspecified atom stereocenters. The number of ether oxygens (including phenoxy) is 1. The van der Waals surface area contributed by atoms with Crippen LogP contribution in [0, 0.1) is 6.92 Å². The number of halogens is 3. The maximum atomic E-state index is 13.1. The maximum Gasteiger partial charge on any atom is 0.418 e. The van der Waals surface area contributed by atoms with Gasteiger partial charge in [0.15, 0.2) is 5.60 Å². The van der Waals surface area contributed by atoms with E-state index in [9.17, 15) is 18.0 Å². The van der Waals surface area contributed by atoms with Crippen LogP contribution in [0.4, 0.5) is 18.9 Å². The number of aryl methyl sites for hydroxylation is 1. The molecule has 7 heteroatoms. The van der Waals surface area contributed by atoms with Crippen LogP contribution in [0.3, 0.4) is 0 Å². The summed E-state index contributed by atoms with van der Waals surface area (Å²) in [7, 11) is 1.06. The molecule has 1 amide bonds. The SMILES string of the molecule is COC1(C(F)(F)F)CCN(CC(=O)Nc2ccccc2C)C1. The number of carbonyl (C=O) groups excluding carboxylic acids is 1. The second kappa shape index (κ2) is 6.26. The van der Waals surface area contributed by atoms with Crippen LogP contribution in [0.5, 0.6) is 0 Å². The largest absolute Gasteiger partial charge is 0.418 e. The number of alkyl halides is 3. The molecular weight excluding hydrogens is 297 g/mol. The van der Waals surface area contributed by atoms with Crippen molar-refractivity contribution in [3.8, 4) is 0 Å². The lowest BCUT2D eigenvalue weighted by Crippen LogP contribution is -2.49. The van der Waals surface area contributed by atoms with Crippen LogP contribution >= 0.6 is 0 Å². The third-order valence-corrected chi connectivity index (χ3v) is 4.00. The van der Waals surface area contributed by atoms with Gasteiger partial charge in [-0.3, -0.25) is 9.69 Å². The summed E-state index contributed by atoms with van der Waals surface area (Å²) in [5, 5.41) is 2.72. The molecule has 0 bridgehead atoms. The summed E-state index contributed by atoms with van der Waals surface area (Å²) in [6.45, 7) is 1.61. The zero-order valence-electron chi connectivity index (χ0n) is 12.5. The molecule has 1 atom stereocenters. The highest BCUT2D eigenvalue weighted by Gasteiger charge is 2.58. The average Bonchev–Trinajstić information content (AvgIpc) is 2.85. The fourth-order valence-electron chi connectivity index (χ4n) is 2.61. The molecule has 1 fully saturated rings. The number of hydrogen-bond acceptors (Lipinski definition) is 3. The summed E-state index contributed by atoms with van der Waals surface area (Å²) in [5.41, 5.74) is -0.602. The fraction of sp³-hybridized carbons (Fsp3) is 0.533. The fourth-order valence-corrected chi connectivity index (χ4v) is 2.61. The number of hydrogen-bond donors (Lipinski definition) is 1. The molecule has 2 rings (SSSR count). The van der Waals surface area contributed by atoms with Crippen molar-refractivity contribution in [2.75, 3.05) is 32.1 Å². The lowest BCUT2D eigenvalue weighted by Gasteiger charge is -2.30. The first-order chi connectivity index (χ1) is 10.3. The van der Waals surface area contributed by atoms with E-state index < -0.39 is 11.8 Å². The number of amides is 1. The molecule has 1 heterocycles. The van der Waals surface area contributed by atoms with Crippen LogP contribution in [-0.4, -0.2) is 49.3 Å². The van der Waals surface area contributed by atoms with Crippen molar-refractivity contribution < 1.29 is 22.7 Å². The second-order valence-corrected chi connectivity index (χ2v) is 5.52. The average molecular weight is 316 g/mol. The van der Waals surface area contributed by atoms with E-state index >= 15 is 0 Å². The smallest absolute Gasteiger partial charge is 0.367 e. The predicted octanol–water partition coefficient (Wildman–Crippen LogP) is 2.59. The van der Waals surface area contributed by atoms with Crippen molar-refractivity contribution in [2.45, 2.75) is 25.1 Å². The molecule has 22 heavy (non-hydrogen) atoms. The normalized spacial score (nSPS) is 22.8. The molecule has 1 aliphatic heterocycles. The van der Waals surface area contributed by atoms with Crippen LogP contribution in [-0.2, 0) is 9.53 Å². The van der Waals surface area contributed by atoms with Crippen molar-refractivity contribution in [1.29, 1.82) is 0 Å². The van der Waals surface area contributed by atoms with Crippen LogP contribution in [0.2, 0.25) is 0 Å². The van der Waals surface area contributed by atoms with Crippen molar-refractivity contribution in [3.05, 3.63) is 29.8 Å². The Bertz CT molecular complexity index is 548. The van der Waals surface area contributed by atoms with E-state index in [1.54, 1.807) is 12.1 Å². The summed E-state index contributed by atoms with van der Waals surface area (Å²) in [6.07, 6.45) is -4.60. The second-order valence-electron chi connectivity index (χ2n) is 5.52. The Kier molecular flexibility index (Phi) is 4.77. The quantitative estimate of drug-likeness (QED) is 0.928. The number of benzene rings is 1. The summed E-state index contributed by atoms with van der Waals surface area (Å²) in [6, 6.07) is 7.25. The minimum atomic E-state index is -4.44. The van der Waals surface area contributed by atoms with Gasteiger partial charge in [0.05, 0.1) is 6.54 Å². The Morgan fingerprint density at radius 3 is 2.64 bits per heavy atom. The maximum absolute atomic E-state index is 13.1. The number of carbonyl (C=O) groups is 1. The lowest BCUT2D eigenvalue weighted by atomic mass is 10.0. The van der Waals surface area contributed by atoms with E-state index in [0.717, 1.165) is 12.7 Å². The molecule has 0 saturated carbocycles. The highest BCUT2D eigenvalue weighted by Crippen LogP contribution is 2.40. The number of methoxy groups -OCH3 is 1. The summed E-state index contributed by atoms with van der Waals surface area (Å²) >= 11 is 0. The van der Waals surface area contributed by atoms with Gasteiger partial charge < -0.3 is 10.1 Å². The lowest BCUT2D eigenvalue weighted by molar-refractivity contribution is -0.263. The zero-order chi connectivity index (χ0) is 16.4. The molecule has 0 aromatic heterocycles. The van der Waals surface area contributed by atoms with E-state index in [1.807, 2.05) is 19.1 Å². The van der Waals surface area contributed by atoms with Gasteiger partial charge in [-0.15, -0.1) is 0 Å². The number of rotatable bonds is 4. The van der Waals surface area contributed by atoms with E-state index in [-0.39, 0.29) is 32.0 Å². The molecule has 0 aliphatic carbocycles. The molecule has 0 radical (unpaired) electrons. The van der Waals surface area contributed by atoms with Crippen molar-refractivity contribution >= 4 is 11.6 Å². The Hall–Kier alpha value is -1.60. The van der Waals surface area contributed by atoms with E-state index in [0.29, 0.717) is 5.69 Å². The van der Waals surface area contributed by atoms with Crippen LogP contribution in [0.15, 0.2) is 24.3 Å². The van der Waals surface area contributed by atoms with Gasteiger partial charge in [-0.25, -0.2) is 0 Å². The summed E-state index contributed by atoms with van der Waals surface area (Å²) < 4.78 is 43.9. The molecule has 1 saturated heterocycles. The zero-order valence-corrected chi connectivity index (χ0v) is 12.5. The first-order valence-corrected chi connectivity index (χ1v) is 6.97. The van der Waals surface area contributed by atoms with E-state index in [1.165, 1.54) is 4.90 Å². The Labute approximate surface area is 127 Å². The molecule has 1 aromatic carbocycles. The molecule has 122 valence electrons. The third-order valence-electron chi connectivity index (χ3n) is 4.00. The number of para-hydroxylation sites is 1. The number of anilines is 1. The van der Waals surface area contributed by atoms with Crippen LogP contribution < -0.4 is 5.32 Å². The highest BCUT2D eigenvalue weighted by atomic mass is 19.4. The molecule has 1 N–H and O–H groups in total. The Morgan fingerprint density at radius 1 is 1.41 bits per heavy atom. The monoisotopic (exact) mass is 316 g/mol. The molecule has 4 nitrogen and oxygen atoms in total. The van der Waals surface area contributed by atoms with Gasteiger partial charge in [0.1, 0.15) is 0 Å². The van der Waals surface area contributed by atoms with E-state index in [2.05, 4.69) is 5.32 Å². The Balaban J connectivity index is 1.95. The van der Waals surface area contributed by atoms with Gasteiger partial charge in [-0.05, 0) is 25.0 Å². The van der Waals surface area contributed by atoms with Gasteiger partial charge in [0.25, 0.3) is 0 Å². The van der Waals surface area contributed by atoms with Crippen molar-refractivity contribution in [1.82, 2.24) is 4.90 Å². The Morgan fingerprint density at radius 2 is 2.09 bits per heavy atom. The molecule has 1 aromatic rings. The van der Waals surface area contributed by atoms with Gasteiger partial charge in [0.2, 0.25) is 5.91 Å². The molecule has 0 spiro atoms. The van der Waals surface area contributed by atoms with Crippen LogP contribution in [0.1, 0.15) is 12.0 Å².